The SMILES string of the molecule is CSc1ccccc1CN1CCC(CNS(=O)(=O)Cc2ccccc2Cl)CC1. The van der Waals surface area contributed by atoms with Crippen LogP contribution in [0.25, 0.3) is 0 Å². The van der Waals surface area contributed by atoms with Crippen molar-refractivity contribution in [1.82, 2.24) is 9.62 Å². The molecule has 0 aromatic heterocycles. The van der Waals surface area contributed by atoms with E-state index in [1.54, 1.807) is 30.0 Å². The highest BCUT2D eigenvalue weighted by atomic mass is 35.5. The minimum Gasteiger partial charge on any atom is -0.299 e. The van der Waals surface area contributed by atoms with Crippen molar-refractivity contribution in [1.29, 1.82) is 0 Å². The molecule has 0 bridgehead atoms. The van der Waals surface area contributed by atoms with Gasteiger partial charge < -0.3 is 0 Å². The molecule has 2 aromatic rings. The Morgan fingerprint density at radius 3 is 2.39 bits per heavy atom. The first kappa shape index (κ1) is 21.7. The van der Waals surface area contributed by atoms with Crippen molar-refractivity contribution >= 4 is 33.4 Å². The zero-order valence-corrected chi connectivity index (χ0v) is 18.5. The molecule has 3 rings (SSSR count). The van der Waals surface area contributed by atoms with Crippen molar-refractivity contribution in [3.63, 3.8) is 0 Å². The van der Waals surface area contributed by atoms with Crippen molar-refractivity contribution in [3.05, 3.63) is 64.7 Å². The largest absolute Gasteiger partial charge is 0.299 e. The Bertz CT molecular complexity index is 881. The van der Waals surface area contributed by atoms with Crippen molar-refractivity contribution in [3.8, 4) is 0 Å². The Balaban J connectivity index is 1.46. The maximum Gasteiger partial charge on any atom is 0.215 e. The summed E-state index contributed by atoms with van der Waals surface area (Å²) in [6, 6.07) is 15.6. The van der Waals surface area contributed by atoms with Gasteiger partial charge in [0.25, 0.3) is 0 Å². The van der Waals surface area contributed by atoms with Crippen LogP contribution in [-0.2, 0) is 22.3 Å². The third kappa shape index (κ3) is 6.22. The summed E-state index contributed by atoms with van der Waals surface area (Å²) in [5, 5.41) is 0.492. The fourth-order valence-electron chi connectivity index (χ4n) is 3.54. The van der Waals surface area contributed by atoms with Gasteiger partial charge in [0.15, 0.2) is 0 Å². The standard InChI is InChI=1S/C21H27ClN2O2S2/c1-27-21-9-5-3-6-18(21)15-24-12-10-17(11-13-24)14-23-28(25,26)16-19-7-2-4-8-20(19)22/h2-9,17,23H,10-16H2,1H3. The van der Waals surface area contributed by atoms with Gasteiger partial charge in [0.1, 0.15) is 0 Å². The summed E-state index contributed by atoms with van der Waals surface area (Å²) in [5.41, 5.74) is 2.01. The van der Waals surface area contributed by atoms with Crippen LogP contribution in [0.2, 0.25) is 5.02 Å². The Morgan fingerprint density at radius 2 is 1.71 bits per heavy atom. The van der Waals surface area contributed by atoms with Crippen LogP contribution in [0.1, 0.15) is 24.0 Å². The minimum absolute atomic E-state index is 0.0724. The lowest BCUT2D eigenvalue weighted by atomic mass is 9.97. The van der Waals surface area contributed by atoms with Gasteiger partial charge in [-0.3, -0.25) is 4.90 Å². The van der Waals surface area contributed by atoms with Gasteiger partial charge in [0.2, 0.25) is 10.0 Å². The predicted octanol–water partition coefficient (Wildman–Crippen LogP) is 4.39. The van der Waals surface area contributed by atoms with E-state index in [1.807, 2.05) is 6.07 Å². The summed E-state index contributed by atoms with van der Waals surface area (Å²) >= 11 is 7.87. The monoisotopic (exact) mass is 438 g/mol. The maximum absolute atomic E-state index is 12.4. The molecular formula is C21H27ClN2O2S2. The minimum atomic E-state index is -3.38. The Hall–Kier alpha value is -1.05. The summed E-state index contributed by atoms with van der Waals surface area (Å²) in [4.78, 5) is 3.79. The highest BCUT2D eigenvalue weighted by Gasteiger charge is 2.22. The average Bonchev–Trinajstić information content (AvgIpc) is 2.70. The van der Waals surface area contributed by atoms with Crippen molar-refractivity contribution in [2.75, 3.05) is 25.9 Å². The third-order valence-electron chi connectivity index (χ3n) is 5.19. The number of hydrogen-bond donors (Lipinski definition) is 1. The fourth-order valence-corrected chi connectivity index (χ4v) is 5.68. The number of nitrogens with one attached hydrogen (secondary N) is 1. The molecule has 0 aliphatic carbocycles. The van der Waals surface area contributed by atoms with Gasteiger partial charge >= 0.3 is 0 Å². The lowest BCUT2D eigenvalue weighted by molar-refractivity contribution is 0.177. The molecule has 152 valence electrons. The van der Waals surface area contributed by atoms with Crippen LogP contribution >= 0.6 is 23.4 Å². The van der Waals surface area contributed by atoms with Crippen molar-refractivity contribution in [2.45, 2.75) is 30.0 Å². The van der Waals surface area contributed by atoms with Gasteiger partial charge in [0.05, 0.1) is 5.75 Å². The van der Waals surface area contributed by atoms with Gasteiger partial charge in [-0.05, 0) is 61.4 Å². The quantitative estimate of drug-likeness (QED) is 0.621. The fraction of sp³-hybridized carbons (Fsp3) is 0.429. The molecule has 0 amide bonds. The second kappa shape index (κ2) is 10.1. The molecule has 0 radical (unpaired) electrons. The van der Waals surface area contributed by atoms with Crippen LogP contribution in [0.15, 0.2) is 53.4 Å². The van der Waals surface area contributed by atoms with E-state index < -0.39 is 10.0 Å². The molecule has 7 heteroatoms. The molecule has 0 atom stereocenters. The van der Waals surface area contributed by atoms with E-state index in [0.717, 1.165) is 32.5 Å². The van der Waals surface area contributed by atoms with Crippen LogP contribution < -0.4 is 4.72 Å². The number of thioether (sulfide) groups is 1. The first-order chi connectivity index (χ1) is 13.5. The van der Waals surface area contributed by atoms with E-state index >= 15 is 0 Å². The normalized spacial score (nSPS) is 16.4. The molecule has 1 N–H and O–H groups in total. The van der Waals surface area contributed by atoms with E-state index in [-0.39, 0.29) is 5.75 Å². The van der Waals surface area contributed by atoms with E-state index in [1.165, 1.54) is 10.5 Å². The molecule has 0 spiro atoms. The van der Waals surface area contributed by atoms with Crippen molar-refractivity contribution in [2.24, 2.45) is 5.92 Å². The Kier molecular flexibility index (Phi) is 7.83. The van der Waals surface area contributed by atoms with Crippen LogP contribution in [0.3, 0.4) is 0 Å². The average molecular weight is 439 g/mol. The Labute approximate surface area is 177 Å². The predicted molar refractivity (Wildman–Crippen MR) is 118 cm³/mol. The van der Waals surface area contributed by atoms with Gasteiger partial charge in [-0.15, -0.1) is 11.8 Å². The number of benzene rings is 2. The summed E-state index contributed by atoms with van der Waals surface area (Å²) in [6.45, 7) is 3.46. The Morgan fingerprint density at radius 1 is 1.07 bits per heavy atom. The zero-order valence-electron chi connectivity index (χ0n) is 16.1. The highest BCUT2D eigenvalue weighted by molar-refractivity contribution is 7.98. The maximum atomic E-state index is 12.4. The number of halogens is 1. The van der Waals surface area contributed by atoms with Crippen LogP contribution in [0.4, 0.5) is 0 Å². The summed E-state index contributed by atoms with van der Waals surface area (Å²) in [5.74, 6) is 0.310. The van der Waals surface area contributed by atoms with Crippen molar-refractivity contribution < 1.29 is 8.42 Å². The lowest BCUT2D eigenvalue weighted by Gasteiger charge is -2.32. The summed E-state index contributed by atoms with van der Waals surface area (Å²) in [6.07, 6.45) is 4.13. The molecule has 1 aliphatic rings. The number of sulfonamides is 1. The second-order valence-electron chi connectivity index (χ2n) is 7.23. The first-order valence-corrected chi connectivity index (χ1v) is 12.8. The molecule has 1 saturated heterocycles. The van der Waals surface area contributed by atoms with E-state index in [4.69, 9.17) is 11.6 Å². The smallest absolute Gasteiger partial charge is 0.215 e. The molecule has 1 aliphatic heterocycles. The van der Waals surface area contributed by atoms with Gasteiger partial charge in [0, 0.05) is 23.0 Å². The van der Waals surface area contributed by atoms with Crippen LogP contribution in [-0.4, -0.2) is 39.2 Å². The molecule has 0 saturated carbocycles. The summed E-state index contributed by atoms with van der Waals surface area (Å²) < 4.78 is 27.6. The van der Waals surface area contributed by atoms with E-state index in [2.05, 4.69) is 40.1 Å². The van der Waals surface area contributed by atoms with E-state index in [0.29, 0.717) is 23.0 Å². The molecule has 28 heavy (non-hydrogen) atoms. The van der Waals surface area contributed by atoms with E-state index in [9.17, 15) is 8.42 Å². The number of likely N-dealkylation sites (tertiary alicyclic amines) is 1. The lowest BCUT2D eigenvalue weighted by Crippen LogP contribution is -2.38. The number of nitrogens with zero attached hydrogens (tertiary/aromatic N) is 1. The molecule has 4 nitrogen and oxygen atoms in total. The zero-order chi connectivity index (χ0) is 20.0. The molecular weight excluding hydrogens is 412 g/mol. The molecule has 0 unspecified atom stereocenters. The topological polar surface area (TPSA) is 49.4 Å². The van der Waals surface area contributed by atoms with Crippen LogP contribution in [0, 0.1) is 5.92 Å². The van der Waals surface area contributed by atoms with Gasteiger partial charge in [-0.25, -0.2) is 13.1 Å². The number of rotatable bonds is 8. The molecule has 1 heterocycles. The van der Waals surface area contributed by atoms with Crippen LogP contribution in [0.5, 0.6) is 0 Å². The second-order valence-corrected chi connectivity index (χ2v) is 10.3. The first-order valence-electron chi connectivity index (χ1n) is 9.52. The number of hydrogen-bond acceptors (Lipinski definition) is 4. The third-order valence-corrected chi connectivity index (χ3v) is 7.69. The van der Waals surface area contributed by atoms with Gasteiger partial charge in [-0.2, -0.15) is 0 Å². The van der Waals surface area contributed by atoms with Gasteiger partial charge in [-0.1, -0.05) is 48.0 Å². The summed E-state index contributed by atoms with van der Waals surface area (Å²) in [7, 11) is -3.38. The highest BCUT2D eigenvalue weighted by Crippen LogP contribution is 2.24. The number of piperidine rings is 1. The molecule has 2 aromatic carbocycles. The molecule has 1 fully saturated rings.